The van der Waals surface area contributed by atoms with Gasteiger partial charge >= 0.3 is 0 Å². The fraction of sp³-hybridized carbons (Fsp3) is 0.533. The smallest absolute Gasteiger partial charge is 0.255 e. The molecule has 0 aromatic heterocycles. The maximum absolute atomic E-state index is 16.1. The van der Waals surface area contributed by atoms with Crippen molar-refractivity contribution in [3.05, 3.63) is 88.2 Å². The number of hydrogen-bond acceptors (Lipinski definition) is 7. The molecule has 3 aromatic carbocycles. The Labute approximate surface area is 323 Å². The minimum absolute atomic E-state index is 0.111. The number of rotatable bonds is 7. The fourth-order valence-electron chi connectivity index (χ4n) is 11.0. The summed E-state index contributed by atoms with van der Waals surface area (Å²) in [5.74, 6) is 1.36. The van der Waals surface area contributed by atoms with Crippen molar-refractivity contribution in [3.63, 3.8) is 0 Å². The number of anilines is 2. The topological polar surface area (TPSA) is 96.4 Å². The van der Waals surface area contributed by atoms with Crippen LogP contribution in [0.15, 0.2) is 54.6 Å². The number of benzene rings is 3. The highest BCUT2D eigenvalue weighted by atomic mass is 19.1. The van der Waals surface area contributed by atoms with Gasteiger partial charge in [0.25, 0.3) is 5.91 Å². The van der Waals surface area contributed by atoms with Gasteiger partial charge in [0.15, 0.2) is 0 Å². The number of halogens is 1. The molecule has 6 aliphatic rings. The third-order valence-electron chi connectivity index (χ3n) is 13.9. The van der Waals surface area contributed by atoms with E-state index < -0.39 is 6.04 Å². The summed E-state index contributed by atoms with van der Waals surface area (Å²) < 4.78 is 16.1. The maximum Gasteiger partial charge on any atom is 0.255 e. The Hall–Kier alpha value is -4.44. The van der Waals surface area contributed by atoms with Crippen LogP contribution in [-0.2, 0) is 22.6 Å². The molecule has 3 atom stereocenters. The third-order valence-corrected chi connectivity index (χ3v) is 13.9. The van der Waals surface area contributed by atoms with E-state index in [1.165, 1.54) is 43.2 Å². The van der Waals surface area contributed by atoms with Gasteiger partial charge in [0.05, 0.1) is 5.69 Å². The van der Waals surface area contributed by atoms with Gasteiger partial charge < -0.3 is 19.8 Å². The highest BCUT2D eigenvalue weighted by Crippen LogP contribution is 2.49. The molecule has 9 rings (SSSR count). The highest BCUT2D eigenvalue weighted by molar-refractivity contribution is 6.05. The fourth-order valence-corrected chi connectivity index (χ4v) is 11.0. The Kier molecular flexibility index (Phi) is 10.0. The summed E-state index contributed by atoms with van der Waals surface area (Å²) in [6.45, 7) is 6.94. The minimum Gasteiger partial charge on any atom is -0.508 e. The van der Waals surface area contributed by atoms with Gasteiger partial charge in [-0.1, -0.05) is 44.2 Å². The molecule has 3 aromatic rings. The van der Waals surface area contributed by atoms with Gasteiger partial charge in [0.1, 0.15) is 17.6 Å². The van der Waals surface area contributed by atoms with Crippen LogP contribution in [0.3, 0.4) is 0 Å². The van der Waals surface area contributed by atoms with Crippen molar-refractivity contribution in [2.45, 2.75) is 89.1 Å². The van der Waals surface area contributed by atoms with E-state index in [2.05, 4.69) is 38.2 Å². The number of carbonyl (C=O) groups excluding carboxylic acids is 3. The highest BCUT2D eigenvalue weighted by Gasteiger charge is 2.40. The third kappa shape index (κ3) is 7.23. The number of piperazine rings is 1. The second-order valence-corrected chi connectivity index (χ2v) is 17.1. The average molecular weight is 748 g/mol. The molecule has 2 aliphatic carbocycles. The van der Waals surface area contributed by atoms with E-state index >= 15 is 4.39 Å². The normalized spacial score (nSPS) is 25.6. The lowest BCUT2D eigenvalue weighted by Gasteiger charge is -2.41. The van der Waals surface area contributed by atoms with Gasteiger partial charge in [-0.25, -0.2) is 4.39 Å². The van der Waals surface area contributed by atoms with Crippen molar-refractivity contribution in [2.75, 3.05) is 55.6 Å². The van der Waals surface area contributed by atoms with Gasteiger partial charge in [-0.3, -0.25) is 24.6 Å². The van der Waals surface area contributed by atoms with Gasteiger partial charge in [-0.05, 0) is 115 Å². The number of hydrogen-bond donors (Lipinski definition) is 2. The van der Waals surface area contributed by atoms with Crippen LogP contribution < -0.4 is 15.1 Å². The van der Waals surface area contributed by atoms with Crippen molar-refractivity contribution >= 4 is 29.1 Å². The first kappa shape index (κ1) is 36.2. The zero-order chi connectivity index (χ0) is 37.6. The number of phenols is 1. The lowest BCUT2D eigenvalue weighted by atomic mass is 9.64. The maximum atomic E-state index is 16.1. The number of fused-ring (bicyclic) bond motifs is 2. The number of piperidine rings is 2. The first-order valence-corrected chi connectivity index (χ1v) is 20.9. The van der Waals surface area contributed by atoms with Crippen molar-refractivity contribution in [3.8, 4) is 5.75 Å². The molecule has 3 saturated heterocycles. The van der Waals surface area contributed by atoms with E-state index in [0.29, 0.717) is 42.0 Å². The molecule has 2 N–H and O–H groups in total. The number of carbonyl (C=O) groups is 3. The molecule has 290 valence electrons. The van der Waals surface area contributed by atoms with Gasteiger partial charge in [0.2, 0.25) is 11.8 Å². The van der Waals surface area contributed by atoms with Gasteiger partial charge in [-0.2, -0.15) is 0 Å². The number of phenolic OH excluding ortho intramolecular Hbond substituents is 1. The largest absolute Gasteiger partial charge is 0.508 e. The van der Waals surface area contributed by atoms with Gasteiger partial charge in [-0.15, -0.1) is 0 Å². The lowest BCUT2D eigenvalue weighted by Crippen LogP contribution is -2.52. The Balaban J connectivity index is 0.787. The predicted molar refractivity (Wildman–Crippen MR) is 211 cm³/mol. The van der Waals surface area contributed by atoms with Crippen LogP contribution in [0.4, 0.5) is 15.8 Å². The summed E-state index contributed by atoms with van der Waals surface area (Å²) in [6.07, 6.45) is 11.3. The number of aromatic hydroxyl groups is 1. The van der Waals surface area contributed by atoms with Crippen LogP contribution >= 0.6 is 0 Å². The molecule has 9 nitrogen and oxygen atoms in total. The van der Waals surface area contributed by atoms with E-state index in [-0.39, 0.29) is 35.9 Å². The number of aryl methyl sites for hydroxylation is 1. The molecule has 4 heterocycles. The standard InChI is InChI=1S/C45H54FN5O4/c46-39-26-32(43-36(30-4-2-1-3-5-30)10-6-31-25-35(52)9-12-37(31)43)7-13-40(39)50-18-16-29(17-19-50)27-48-20-22-49(23-21-48)34-8-11-38-33(24-34)28-51(45(38)55)41-14-15-42(53)47-44(41)54/h7-9,11-13,24-26,29-30,36,41,43,52H,1-6,10,14-23,27-28H2,(H,47,53,54)/t36-,41-,43+/m0/s1. The van der Waals surface area contributed by atoms with Crippen molar-refractivity contribution in [2.24, 2.45) is 17.8 Å². The van der Waals surface area contributed by atoms with Crippen LogP contribution in [0.25, 0.3) is 0 Å². The SMILES string of the molecule is O=C1CC[C@H](N2Cc3cc(N4CCN(CC5CCN(c6ccc([C@H]7c8ccc(O)cc8CC[C@H]7C7CCCCC7)cc6F)CC5)CC4)ccc3C2=O)C(=O)N1. The van der Waals surface area contributed by atoms with Crippen LogP contribution in [0, 0.1) is 23.6 Å². The zero-order valence-corrected chi connectivity index (χ0v) is 31.9. The Morgan fingerprint density at radius 1 is 0.745 bits per heavy atom. The number of nitrogens with one attached hydrogen (secondary N) is 1. The van der Waals surface area contributed by atoms with E-state index in [1.807, 2.05) is 36.4 Å². The summed E-state index contributed by atoms with van der Waals surface area (Å²) in [7, 11) is 0. The Morgan fingerprint density at radius 3 is 2.31 bits per heavy atom. The monoisotopic (exact) mass is 747 g/mol. The first-order chi connectivity index (χ1) is 26.8. The summed E-state index contributed by atoms with van der Waals surface area (Å²) in [5.41, 5.74) is 6.99. The zero-order valence-electron chi connectivity index (χ0n) is 31.9. The van der Waals surface area contributed by atoms with E-state index in [4.69, 9.17) is 0 Å². The van der Waals surface area contributed by atoms with Crippen LogP contribution in [0.2, 0.25) is 0 Å². The summed E-state index contributed by atoms with van der Waals surface area (Å²) in [5, 5.41) is 12.6. The Bertz CT molecular complexity index is 1950. The second kappa shape index (κ2) is 15.2. The van der Waals surface area contributed by atoms with Crippen molar-refractivity contribution < 1.29 is 23.9 Å². The molecule has 0 radical (unpaired) electrons. The molecule has 0 unspecified atom stereocenters. The average Bonchev–Trinajstić information content (AvgIpc) is 3.53. The van der Waals surface area contributed by atoms with Crippen molar-refractivity contribution in [1.82, 2.24) is 15.1 Å². The minimum atomic E-state index is -0.600. The van der Waals surface area contributed by atoms with E-state index in [1.54, 1.807) is 4.90 Å². The molecule has 4 fully saturated rings. The first-order valence-electron chi connectivity index (χ1n) is 20.9. The molecule has 55 heavy (non-hydrogen) atoms. The van der Waals surface area contributed by atoms with Crippen LogP contribution in [0.5, 0.6) is 5.75 Å². The van der Waals surface area contributed by atoms with Gasteiger partial charge in [0, 0.05) is 75.9 Å². The Morgan fingerprint density at radius 2 is 1.55 bits per heavy atom. The predicted octanol–water partition coefficient (Wildman–Crippen LogP) is 6.61. The molecule has 1 saturated carbocycles. The summed E-state index contributed by atoms with van der Waals surface area (Å²) in [4.78, 5) is 46.1. The molecular formula is C45H54FN5O4. The molecular weight excluding hydrogens is 694 g/mol. The van der Waals surface area contributed by atoms with E-state index in [0.717, 1.165) is 94.0 Å². The molecule has 4 aliphatic heterocycles. The summed E-state index contributed by atoms with van der Waals surface area (Å²) in [6, 6.07) is 17.3. The van der Waals surface area contributed by atoms with Crippen LogP contribution in [0.1, 0.15) is 103 Å². The number of imide groups is 1. The second-order valence-electron chi connectivity index (χ2n) is 17.1. The van der Waals surface area contributed by atoms with Crippen LogP contribution in [-0.4, -0.2) is 84.5 Å². The van der Waals surface area contributed by atoms with Crippen molar-refractivity contribution in [1.29, 1.82) is 0 Å². The number of amides is 3. The quantitative estimate of drug-likeness (QED) is 0.263. The molecule has 0 spiro atoms. The molecule has 0 bridgehead atoms. The molecule has 10 heteroatoms. The van der Waals surface area contributed by atoms with E-state index in [9.17, 15) is 19.5 Å². The summed E-state index contributed by atoms with van der Waals surface area (Å²) >= 11 is 0. The lowest BCUT2D eigenvalue weighted by molar-refractivity contribution is -0.136. The molecule has 3 amide bonds. The number of nitrogens with zero attached hydrogens (tertiary/aromatic N) is 4.